The van der Waals surface area contributed by atoms with Crippen molar-refractivity contribution in [3.63, 3.8) is 0 Å². The molecular formula is C4H9O4S4-. The van der Waals surface area contributed by atoms with E-state index in [2.05, 4.69) is 11.2 Å². The quantitative estimate of drug-likeness (QED) is 0.420. The van der Waals surface area contributed by atoms with E-state index in [1.54, 1.807) is 0 Å². The van der Waals surface area contributed by atoms with Crippen molar-refractivity contribution in [2.45, 2.75) is 12.8 Å². The van der Waals surface area contributed by atoms with Gasteiger partial charge >= 0.3 is 0 Å². The third kappa shape index (κ3) is 10.8. The molecule has 0 spiro atoms. The third-order valence-corrected chi connectivity index (χ3v) is 4.01. The first-order chi connectivity index (χ1) is 5.42. The number of rotatable bonds is 6. The Morgan fingerprint density at radius 1 is 1.58 bits per heavy atom. The van der Waals surface area contributed by atoms with Crippen LogP contribution >= 0.6 is 10.8 Å². The number of hydrogen-bond acceptors (Lipinski definition) is 5. The molecule has 0 radical (unpaired) electrons. The monoisotopic (exact) mass is 249 g/mol. The maximum absolute atomic E-state index is 10.5. The predicted molar refractivity (Wildman–Crippen MR) is 53.6 cm³/mol. The van der Waals surface area contributed by atoms with Gasteiger partial charge in [0, 0.05) is 32.8 Å². The van der Waals surface area contributed by atoms with Gasteiger partial charge in [-0.15, -0.1) is 0 Å². The van der Waals surface area contributed by atoms with Crippen molar-refractivity contribution in [2.24, 2.45) is 0 Å². The molecule has 1 N–H and O–H groups in total. The summed E-state index contributed by atoms with van der Waals surface area (Å²) in [6.07, 6.45) is 1.08. The molecule has 12 heavy (non-hydrogen) atoms. The molecule has 0 heterocycles. The van der Waals surface area contributed by atoms with Crippen LogP contribution < -0.4 is 0 Å². The largest absolute Gasteiger partial charge is 0.764 e. The van der Waals surface area contributed by atoms with Crippen LogP contribution in [0.3, 0.4) is 0 Å². The van der Waals surface area contributed by atoms with E-state index in [9.17, 15) is 13.0 Å². The summed E-state index contributed by atoms with van der Waals surface area (Å²) in [6.45, 7) is 0. The summed E-state index contributed by atoms with van der Waals surface area (Å²) >= 11 is 4.24. The van der Waals surface area contributed by atoms with Gasteiger partial charge in [0.05, 0.1) is 0 Å². The van der Waals surface area contributed by atoms with Crippen molar-refractivity contribution in [2.75, 3.05) is 11.5 Å². The fraction of sp³-hybridized carbons (Fsp3) is 1.00. The van der Waals surface area contributed by atoms with E-state index in [0.717, 1.165) is 10.8 Å². The molecular weight excluding hydrogens is 240 g/mol. The summed E-state index contributed by atoms with van der Waals surface area (Å²) in [5.41, 5.74) is 0. The lowest BCUT2D eigenvalue weighted by Gasteiger charge is -2.02. The average Bonchev–Trinajstić information content (AvgIpc) is 1.83. The maximum Gasteiger partial charge on any atom is 0.141 e. The van der Waals surface area contributed by atoms with Crippen molar-refractivity contribution >= 4 is 40.9 Å². The Hall–Kier alpha value is 0.790. The zero-order chi connectivity index (χ0) is 9.61. The highest BCUT2D eigenvalue weighted by Crippen LogP contribution is 2.07. The van der Waals surface area contributed by atoms with E-state index < -0.39 is 18.9 Å². The fourth-order valence-electron chi connectivity index (χ4n) is 0.513. The molecule has 2 unspecified atom stereocenters. The Kier molecular flexibility index (Phi) is 6.69. The van der Waals surface area contributed by atoms with Crippen LogP contribution in [0.4, 0.5) is 0 Å². The van der Waals surface area contributed by atoms with Gasteiger partial charge in [-0.05, 0) is 12.8 Å². The van der Waals surface area contributed by atoms with Crippen LogP contribution in [0.2, 0.25) is 0 Å². The Bertz CT molecular complexity index is 233. The Morgan fingerprint density at radius 2 is 2.17 bits per heavy atom. The first kappa shape index (κ1) is 12.8. The molecule has 74 valence electrons. The molecule has 0 aliphatic rings. The molecule has 0 rings (SSSR count). The second-order valence-corrected chi connectivity index (χ2v) is 7.73. The van der Waals surface area contributed by atoms with Gasteiger partial charge < -0.3 is 9.11 Å². The van der Waals surface area contributed by atoms with Gasteiger partial charge in [0.15, 0.2) is 0 Å². The van der Waals surface area contributed by atoms with Gasteiger partial charge in [-0.25, -0.2) is 4.21 Å². The van der Waals surface area contributed by atoms with Crippen LogP contribution in [-0.4, -0.2) is 29.0 Å². The first-order valence-electron chi connectivity index (χ1n) is 3.09. The molecule has 0 aliphatic heterocycles. The first-order valence-corrected chi connectivity index (χ1v) is 8.28. The highest BCUT2D eigenvalue weighted by molar-refractivity contribution is 8.67. The van der Waals surface area contributed by atoms with Gasteiger partial charge in [0.1, 0.15) is 8.77 Å². The lowest BCUT2D eigenvalue weighted by atomic mass is 10.4. The number of hydrogen-bond donors (Lipinski definition) is 1. The lowest BCUT2D eigenvalue weighted by molar-refractivity contribution is 0.553. The zero-order valence-electron chi connectivity index (χ0n) is 6.13. The van der Waals surface area contributed by atoms with Crippen LogP contribution in [-0.2, 0) is 30.1 Å². The molecule has 0 fully saturated rings. The van der Waals surface area contributed by atoms with Crippen LogP contribution in [0.15, 0.2) is 0 Å². The lowest BCUT2D eigenvalue weighted by Crippen LogP contribution is -2.02. The molecule has 8 heteroatoms. The van der Waals surface area contributed by atoms with Crippen molar-refractivity contribution < 1.29 is 17.5 Å². The van der Waals surface area contributed by atoms with Crippen molar-refractivity contribution in [3.8, 4) is 0 Å². The molecule has 0 aromatic carbocycles. The van der Waals surface area contributed by atoms with Gasteiger partial charge in [-0.3, -0.25) is 4.21 Å². The molecule has 0 aromatic rings. The van der Waals surface area contributed by atoms with Gasteiger partial charge in [-0.1, -0.05) is 10.8 Å². The Balaban J connectivity index is 3.29. The normalized spacial score (nSPS) is 18.5. The topological polar surface area (TPSA) is 77.4 Å². The molecule has 0 bridgehead atoms. The summed E-state index contributed by atoms with van der Waals surface area (Å²) in [4.78, 5) is 0. The van der Waals surface area contributed by atoms with E-state index in [-0.39, 0.29) is 5.75 Å². The zero-order valence-corrected chi connectivity index (χ0v) is 9.40. The Labute approximate surface area is 82.7 Å². The van der Waals surface area contributed by atoms with E-state index >= 15 is 0 Å². The van der Waals surface area contributed by atoms with Crippen molar-refractivity contribution in [1.82, 2.24) is 0 Å². The minimum Gasteiger partial charge on any atom is -0.764 e. The highest BCUT2D eigenvalue weighted by atomic mass is 33.1. The summed E-state index contributed by atoms with van der Waals surface area (Å²) in [7, 11) is -4.35. The van der Waals surface area contributed by atoms with Crippen LogP contribution in [0.1, 0.15) is 12.8 Å². The minimum atomic E-state index is -3.05. The SMILES string of the molecule is O=S([O-])SCCCCS(=O)(O)=S. The molecule has 4 nitrogen and oxygen atoms in total. The van der Waals surface area contributed by atoms with Crippen molar-refractivity contribution in [1.29, 1.82) is 0 Å². The van der Waals surface area contributed by atoms with E-state index in [1.165, 1.54) is 0 Å². The molecule has 0 aliphatic carbocycles. The standard InChI is InChI=1S/C4H10O4S4/c5-11(6)10-3-1-2-4-12(7,8)9/h1-4H2,(H,5,6)(H,7,8,9)/p-1. The van der Waals surface area contributed by atoms with Crippen LogP contribution in [0.5, 0.6) is 0 Å². The van der Waals surface area contributed by atoms with Gasteiger partial charge in [-0.2, -0.15) is 0 Å². The molecule has 0 saturated heterocycles. The van der Waals surface area contributed by atoms with E-state index in [0.29, 0.717) is 18.6 Å². The van der Waals surface area contributed by atoms with Crippen molar-refractivity contribution in [3.05, 3.63) is 0 Å². The van der Waals surface area contributed by atoms with Gasteiger partial charge in [0.25, 0.3) is 0 Å². The highest BCUT2D eigenvalue weighted by Gasteiger charge is 1.99. The second kappa shape index (κ2) is 6.28. The summed E-state index contributed by atoms with van der Waals surface area (Å²) in [6, 6.07) is 0. The second-order valence-electron chi connectivity index (χ2n) is 2.02. The molecule has 0 amide bonds. The summed E-state index contributed by atoms with van der Waals surface area (Å²) in [5.74, 6) is 0.509. The van der Waals surface area contributed by atoms with E-state index in [4.69, 9.17) is 4.55 Å². The fourth-order valence-corrected chi connectivity index (χ4v) is 2.66. The molecule has 2 atom stereocenters. The summed E-state index contributed by atoms with van der Waals surface area (Å²) < 4.78 is 39.2. The predicted octanol–water partition coefficient (Wildman–Crippen LogP) is 0.513. The molecule has 0 aromatic heterocycles. The van der Waals surface area contributed by atoms with Crippen LogP contribution in [0, 0.1) is 0 Å². The molecule has 0 saturated carbocycles. The summed E-state index contributed by atoms with van der Waals surface area (Å²) in [5, 5.41) is 0. The maximum atomic E-state index is 10.5. The van der Waals surface area contributed by atoms with Crippen LogP contribution in [0.25, 0.3) is 0 Å². The Morgan fingerprint density at radius 3 is 2.58 bits per heavy atom. The minimum absolute atomic E-state index is 0.0639. The third-order valence-electron chi connectivity index (χ3n) is 0.976. The van der Waals surface area contributed by atoms with Gasteiger partial charge in [0.2, 0.25) is 0 Å². The van der Waals surface area contributed by atoms with E-state index in [1.807, 2.05) is 0 Å². The smallest absolute Gasteiger partial charge is 0.141 e. The average molecular weight is 249 g/mol. The number of unbranched alkanes of at least 4 members (excludes halogenated alkanes) is 1.